The zero-order valence-corrected chi connectivity index (χ0v) is 18.5. The molecule has 33 heavy (non-hydrogen) atoms. The highest BCUT2D eigenvalue weighted by molar-refractivity contribution is 6.10. The molecule has 3 aromatic rings. The average Bonchev–Trinajstić information content (AvgIpc) is 3.45. The van der Waals surface area contributed by atoms with Gasteiger partial charge in [0.15, 0.2) is 5.82 Å². The van der Waals surface area contributed by atoms with E-state index in [1.165, 1.54) is 5.56 Å². The second-order valence-corrected chi connectivity index (χ2v) is 8.34. The number of anilines is 3. The lowest BCUT2D eigenvalue weighted by atomic mass is 10.1. The fourth-order valence-corrected chi connectivity index (χ4v) is 4.44. The SMILES string of the molecule is Cc1cc(NC(=O)CN2CCN(c3ncccc3C(=O)N3CCc4ccccc43)CC2)no1. The molecule has 0 bridgehead atoms. The normalized spacial score (nSPS) is 16.0. The molecule has 0 atom stereocenters. The Balaban J connectivity index is 1.23. The monoisotopic (exact) mass is 446 g/mol. The van der Waals surface area contributed by atoms with Crippen molar-refractivity contribution in [3.63, 3.8) is 0 Å². The van der Waals surface area contributed by atoms with E-state index in [1.807, 2.05) is 35.2 Å². The molecule has 5 rings (SSSR count). The smallest absolute Gasteiger partial charge is 0.262 e. The van der Waals surface area contributed by atoms with Gasteiger partial charge in [-0.05, 0) is 37.1 Å². The van der Waals surface area contributed by atoms with E-state index >= 15 is 0 Å². The zero-order valence-electron chi connectivity index (χ0n) is 18.5. The van der Waals surface area contributed by atoms with Crippen molar-refractivity contribution >= 4 is 29.1 Å². The minimum absolute atomic E-state index is 0.0206. The lowest BCUT2D eigenvalue weighted by Crippen LogP contribution is -2.49. The van der Waals surface area contributed by atoms with Crippen LogP contribution >= 0.6 is 0 Å². The van der Waals surface area contributed by atoms with Gasteiger partial charge in [-0.25, -0.2) is 4.98 Å². The summed E-state index contributed by atoms with van der Waals surface area (Å²) in [6, 6.07) is 13.4. The highest BCUT2D eigenvalue weighted by Gasteiger charge is 2.29. The third-order valence-electron chi connectivity index (χ3n) is 6.08. The van der Waals surface area contributed by atoms with Crippen LogP contribution < -0.4 is 15.1 Å². The van der Waals surface area contributed by atoms with Gasteiger partial charge in [-0.2, -0.15) is 0 Å². The van der Waals surface area contributed by atoms with Gasteiger partial charge >= 0.3 is 0 Å². The van der Waals surface area contributed by atoms with Gasteiger partial charge in [-0.1, -0.05) is 23.4 Å². The fourth-order valence-electron chi connectivity index (χ4n) is 4.44. The molecule has 1 saturated heterocycles. The Bertz CT molecular complexity index is 1170. The second kappa shape index (κ2) is 9.03. The van der Waals surface area contributed by atoms with Crippen LogP contribution in [-0.2, 0) is 11.2 Å². The van der Waals surface area contributed by atoms with Crippen LogP contribution in [0.4, 0.5) is 17.3 Å². The summed E-state index contributed by atoms with van der Waals surface area (Å²) in [4.78, 5) is 36.4. The van der Waals surface area contributed by atoms with Crippen LogP contribution in [0.5, 0.6) is 0 Å². The maximum Gasteiger partial charge on any atom is 0.262 e. The van der Waals surface area contributed by atoms with E-state index in [0.29, 0.717) is 55.7 Å². The summed E-state index contributed by atoms with van der Waals surface area (Å²) in [6.07, 6.45) is 2.59. The fraction of sp³-hybridized carbons (Fsp3) is 0.333. The lowest BCUT2D eigenvalue weighted by Gasteiger charge is -2.35. The Morgan fingerprint density at radius 1 is 1.06 bits per heavy atom. The van der Waals surface area contributed by atoms with E-state index in [-0.39, 0.29) is 18.4 Å². The number of piperazine rings is 1. The van der Waals surface area contributed by atoms with Crippen LogP contribution in [0.25, 0.3) is 0 Å². The first-order valence-corrected chi connectivity index (χ1v) is 11.1. The molecular weight excluding hydrogens is 420 g/mol. The predicted octanol–water partition coefficient (Wildman–Crippen LogP) is 2.34. The molecule has 2 aromatic heterocycles. The number of carbonyl (C=O) groups excluding carboxylic acids is 2. The molecule has 170 valence electrons. The summed E-state index contributed by atoms with van der Waals surface area (Å²) in [6.45, 7) is 5.50. The lowest BCUT2D eigenvalue weighted by molar-refractivity contribution is -0.117. The summed E-state index contributed by atoms with van der Waals surface area (Å²) in [5, 5.41) is 6.55. The van der Waals surface area contributed by atoms with Gasteiger partial charge in [0, 0.05) is 50.7 Å². The van der Waals surface area contributed by atoms with Crippen LogP contribution in [0.15, 0.2) is 53.2 Å². The predicted molar refractivity (Wildman–Crippen MR) is 125 cm³/mol. The first-order valence-electron chi connectivity index (χ1n) is 11.1. The number of pyridine rings is 1. The number of amides is 2. The van der Waals surface area contributed by atoms with E-state index in [4.69, 9.17) is 4.52 Å². The highest BCUT2D eigenvalue weighted by atomic mass is 16.5. The van der Waals surface area contributed by atoms with Gasteiger partial charge in [-0.3, -0.25) is 14.5 Å². The number of nitrogens with one attached hydrogen (secondary N) is 1. The Labute approximate surface area is 192 Å². The molecule has 0 unspecified atom stereocenters. The van der Waals surface area contributed by atoms with Gasteiger partial charge in [0.25, 0.3) is 5.91 Å². The molecule has 1 N–H and O–H groups in total. The first kappa shape index (κ1) is 21.1. The van der Waals surface area contributed by atoms with Crippen molar-refractivity contribution in [3.8, 4) is 0 Å². The Morgan fingerprint density at radius 2 is 1.88 bits per heavy atom. The molecule has 4 heterocycles. The number of benzene rings is 1. The minimum Gasteiger partial charge on any atom is -0.360 e. The van der Waals surface area contributed by atoms with E-state index in [1.54, 1.807) is 19.2 Å². The van der Waals surface area contributed by atoms with Gasteiger partial charge < -0.3 is 19.6 Å². The maximum absolute atomic E-state index is 13.4. The number of para-hydroxylation sites is 1. The molecule has 2 aliphatic rings. The summed E-state index contributed by atoms with van der Waals surface area (Å²) >= 11 is 0. The van der Waals surface area contributed by atoms with Gasteiger partial charge in [0.05, 0.1) is 12.1 Å². The molecule has 0 spiro atoms. The van der Waals surface area contributed by atoms with E-state index in [9.17, 15) is 9.59 Å². The van der Waals surface area contributed by atoms with Crippen LogP contribution in [0.2, 0.25) is 0 Å². The largest absolute Gasteiger partial charge is 0.360 e. The van der Waals surface area contributed by atoms with Crippen molar-refractivity contribution in [1.82, 2.24) is 15.0 Å². The number of fused-ring (bicyclic) bond motifs is 1. The maximum atomic E-state index is 13.4. The average molecular weight is 447 g/mol. The number of aryl methyl sites for hydroxylation is 1. The summed E-state index contributed by atoms with van der Waals surface area (Å²) < 4.78 is 4.98. The Hall–Kier alpha value is -3.72. The molecule has 9 heteroatoms. The van der Waals surface area contributed by atoms with Crippen molar-refractivity contribution in [1.29, 1.82) is 0 Å². The number of hydrogen-bond acceptors (Lipinski definition) is 7. The van der Waals surface area contributed by atoms with Crippen molar-refractivity contribution in [2.45, 2.75) is 13.3 Å². The molecule has 1 aromatic carbocycles. The number of rotatable bonds is 5. The molecule has 2 aliphatic heterocycles. The standard InChI is InChI=1S/C24H26N6O3/c1-17-15-21(27-33-17)26-22(31)16-28-11-13-29(14-12-28)23-19(6-4-9-25-23)24(32)30-10-8-18-5-2-3-7-20(18)30/h2-7,9,15H,8,10-14,16H2,1H3,(H,26,27,31). The van der Waals surface area contributed by atoms with Gasteiger partial charge in [-0.15, -0.1) is 0 Å². The molecular formula is C24H26N6O3. The summed E-state index contributed by atoms with van der Waals surface area (Å²) in [7, 11) is 0. The van der Waals surface area contributed by atoms with Crippen molar-refractivity contribution in [3.05, 3.63) is 65.5 Å². The molecule has 9 nitrogen and oxygen atoms in total. The number of nitrogens with zero attached hydrogens (tertiary/aromatic N) is 5. The summed E-state index contributed by atoms with van der Waals surface area (Å²) in [5.41, 5.74) is 2.79. The highest BCUT2D eigenvalue weighted by Crippen LogP contribution is 2.30. The van der Waals surface area contributed by atoms with Crippen LogP contribution in [-0.4, -0.2) is 66.1 Å². The molecule has 2 amide bonds. The molecule has 0 radical (unpaired) electrons. The molecule has 0 saturated carbocycles. The number of hydrogen-bond donors (Lipinski definition) is 1. The third-order valence-corrected chi connectivity index (χ3v) is 6.08. The van der Waals surface area contributed by atoms with Crippen molar-refractivity contribution in [2.75, 3.05) is 54.4 Å². The number of carbonyl (C=O) groups is 2. The van der Waals surface area contributed by atoms with E-state index < -0.39 is 0 Å². The molecule has 1 fully saturated rings. The third kappa shape index (κ3) is 4.45. The topological polar surface area (TPSA) is 94.8 Å². The zero-order chi connectivity index (χ0) is 22.8. The van der Waals surface area contributed by atoms with Gasteiger partial charge in [0.1, 0.15) is 11.6 Å². The number of aromatic nitrogens is 2. The Kier molecular flexibility index (Phi) is 5.78. The van der Waals surface area contributed by atoms with E-state index in [0.717, 1.165) is 12.1 Å². The quantitative estimate of drug-likeness (QED) is 0.643. The first-order chi connectivity index (χ1) is 16.1. The Morgan fingerprint density at radius 3 is 2.67 bits per heavy atom. The second-order valence-electron chi connectivity index (χ2n) is 8.34. The van der Waals surface area contributed by atoms with Crippen molar-refractivity contribution < 1.29 is 14.1 Å². The van der Waals surface area contributed by atoms with Crippen LogP contribution in [0.1, 0.15) is 21.7 Å². The minimum atomic E-state index is -0.127. The van der Waals surface area contributed by atoms with Crippen LogP contribution in [0.3, 0.4) is 0 Å². The van der Waals surface area contributed by atoms with Crippen LogP contribution in [0, 0.1) is 6.92 Å². The van der Waals surface area contributed by atoms with Crippen molar-refractivity contribution in [2.24, 2.45) is 0 Å². The van der Waals surface area contributed by atoms with Gasteiger partial charge in [0.2, 0.25) is 5.91 Å². The molecule has 0 aliphatic carbocycles. The summed E-state index contributed by atoms with van der Waals surface area (Å²) in [5.74, 6) is 1.63. The van der Waals surface area contributed by atoms with E-state index in [2.05, 4.69) is 31.3 Å².